The third-order valence-corrected chi connectivity index (χ3v) is 4.54. The lowest BCUT2D eigenvalue weighted by atomic mass is 10.1. The lowest BCUT2D eigenvalue weighted by molar-refractivity contribution is 0.102. The Morgan fingerprint density at radius 3 is 2.55 bits per heavy atom. The first-order valence-electron chi connectivity index (χ1n) is 9.30. The molecule has 7 nitrogen and oxygen atoms in total. The number of aryl methyl sites for hydroxylation is 1. The number of anilines is 2. The molecule has 1 amide bonds. The highest BCUT2D eigenvalue weighted by molar-refractivity contribution is 6.11. The summed E-state index contributed by atoms with van der Waals surface area (Å²) in [6, 6.07) is 12.0. The summed E-state index contributed by atoms with van der Waals surface area (Å²) < 4.78 is 6.52. The molecule has 0 spiro atoms. The van der Waals surface area contributed by atoms with Gasteiger partial charge < -0.3 is 15.8 Å². The van der Waals surface area contributed by atoms with Gasteiger partial charge in [-0.05, 0) is 30.7 Å². The zero-order valence-electron chi connectivity index (χ0n) is 16.5. The number of aromatic nitrogens is 2. The van der Waals surface area contributed by atoms with Gasteiger partial charge in [-0.1, -0.05) is 38.0 Å². The molecule has 0 radical (unpaired) electrons. The number of hydrogen-bond acceptors (Lipinski definition) is 5. The fourth-order valence-corrected chi connectivity index (χ4v) is 3.07. The normalized spacial score (nSPS) is 10.4. The SMILES string of the molecule is CCCCCn1nc(C(=O)Nc2ccc(OC)c(N)c2)c2ccccc2c1=O.Cl. The Morgan fingerprint density at radius 1 is 1.17 bits per heavy atom. The number of ether oxygens (including phenoxy) is 1. The van der Waals surface area contributed by atoms with Crippen LogP contribution in [0.4, 0.5) is 11.4 Å². The molecular weight excluding hydrogens is 392 g/mol. The largest absolute Gasteiger partial charge is 0.495 e. The van der Waals surface area contributed by atoms with Crippen molar-refractivity contribution >= 4 is 40.5 Å². The van der Waals surface area contributed by atoms with Gasteiger partial charge in [0.1, 0.15) is 5.75 Å². The van der Waals surface area contributed by atoms with Crippen LogP contribution in [0.3, 0.4) is 0 Å². The maximum atomic E-state index is 12.9. The van der Waals surface area contributed by atoms with Crippen LogP contribution in [0.1, 0.15) is 36.7 Å². The molecule has 0 aliphatic heterocycles. The third kappa shape index (κ3) is 4.86. The van der Waals surface area contributed by atoms with Crippen molar-refractivity contribution in [2.45, 2.75) is 32.7 Å². The van der Waals surface area contributed by atoms with Crippen molar-refractivity contribution in [3.63, 3.8) is 0 Å². The van der Waals surface area contributed by atoms with Gasteiger partial charge in [0.2, 0.25) is 0 Å². The maximum Gasteiger partial charge on any atom is 0.276 e. The molecule has 3 N–H and O–H groups in total. The van der Waals surface area contributed by atoms with Gasteiger partial charge in [0.15, 0.2) is 5.69 Å². The summed E-state index contributed by atoms with van der Waals surface area (Å²) in [6.45, 7) is 2.57. The Morgan fingerprint density at radius 2 is 1.90 bits per heavy atom. The number of amides is 1. The van der Waals surface area contributed by atoms with Gasteiger partial charge in [0, 0.05) is 17.6 Å². The number of unbranched alkanes of at least 4 members (excludes halogenated alkanes) is 2. The zero-order valence-corrected chi connectivity index (χ0v) is 17.3. The van der Waals surface area contributed by atoms with Crippen LogP contribution in [0.15, 0.2) is 47.3 Å². The molecule has 2 aromatic carbocycles. The summed E-state index contributed by atoms with van der Waals surface area (Å²) in [5.41, 5.74) is 6.88. The predicted molar refractivity (Wildman–Crippen MR) is 118 cm³/mol. The van der Waals surface area contributed by atoms with Gasteiger partial charge in [0.25, 0.3) is 11.5 Å². The molecule has 0 aliphatic rings. The van der Waals surface area contributed by atoms with Crippen LogP contribution >= 0.6 is 12.4 Å². The highest BCUT2D eigenvalue weighted by Gasteiger charge is 2.17. The minimum absolute atomic E-state index is 0. The number of nitrogens with zero attached hydrogens (tertiary/aromatic N) is 2. The highest BCUT2D eigenvalue weighted by Crippen LogP contribution is 2.25. The number of carbonyl (C=O) groups is 1. The van der Waals surface area contributed by atoms with Crippen molar-refractivity contribution in [2.24, 2.45) is 0 Å². The number of nitrogens with one attached hydrogen (secondary N) is 1. The Balaban J connectivity index is 0.00000300. The van der Waals surface area contributed by atoms with E-state index in [0.717, 1.165) is 19.3 Å². The first kappa shape index (κ1) is 22.2. The van der Waals surface area contributed by atoms with Crippen LogP contribution in [0.25, 0.3) is 10.8 Å². The first-order valence-corrected chi connectivity index (χ1v) is 9.30. The van der Waals surface area contributed by atoms with Crippen molar-refractivity contribution in [1.82, 2.24) is 9.78 Å². The molecule has 0 atom stereocenters. The molecule has 0 unspecified atom stereocenters. The van der Waals surface area contributed by atoms with Crippen LogP contribution in [-0.4, -0.2) is 22.8 Å². The molecule has 1 aromatic heterocycles. The van der Waals surface area contributed by atoms with E-state index in [9.17, 15) is 9.59 Å². The maximum absolute atomic E-state index is 12.9. The van der Waals surface area contributed by atoms with E-state index in [4.69, 9.17) is 10.5 Å². The number of nitrogens with two attached hydrogens (primary N) is 1. The van der Waals surface area contributed by atoms with Crippen LogP contribution in [0.5, 0.6) is 5.75 Å². The Labute approximate surface area is 175 Å². The van der Waals surface area contributed by atoms with Crippen LogP contribution < -0.4 is 21.3 Å². The molecule has 0 saturated carbocycles. The number of rotatable bonds is 7. The molecule has 29 heavy (non-hydrogen) atoms. The lowest BCUT2D eigenvalue weighted by Crippen LogP contribution is -2.27. The summed E-state index contributed by atoms with van der Waals surface area (Å²) in [5, 5.41) is 8.17. The number of halogens is 1. The molecule has 1 heterocycles. The van der Waals surface area contributed by atoms with E-state index in [1.807, 2.05) is 0 Å². The van der Waals surface area contributed by atoms with Gasteiger partial charge in [-0.3, -0.25) is 9.59 Å². The van der Waals surface area contributed by atoms with E-state index >= 15 is 0 Å². The monoisotopic (exact) mass is 416 g/mol. The van der Waals surface area contributed by atoms with E-state index in [1.165, 1.54) is 11.8 Å². The minimum atomic E-state index is -0.398. The number of hydrogen-bond donors (Lipinski definition) is 2. The second-order valence-electron chi connectivity index (χ2n) is 6.54. The second-order valence-corrected chi connectivity index (χ2v) is 6.54. The molecule has 8 heteroatoms. The van der Waals surface area contributed by atoms with Crippen molar-refractivity contribution < 1.29 is 9.53 Å². The van der Waals surface area contributed by atoms with Crippen LogP contribution in [0.2, 0.25) is 0 Å². The quantitative estimate of drug-likeness (QED) is 0.450. The average molecular weight is 417 g/mol. The molecule has 0 saturated heterocycles. The van der Waals surface area contributed by atoms with Crippen molar-refractivity contribution in [3.05, 3.63) is 58.5 Å². The molecule has 0 aliphatic carbocycles. The van der Waals surface area contributed by atoms with Gasteiger partial charge in [-0.15, -0.1) is 12.4 Å². The highest BCUT2D eigenvalue weighted by atomic mass is 35.5. The Kier molecular flexibility index (Phi) is 7.61. The van der Waals surface area contributed by atoms with Crippen molar-refractivity contribution in [3.8, 4) is 5.75 Å². The van der Waals surface area contributed by atoms with Crippen molar-refractivity contribution in [2.75, 3.05) is 18.2 Å². The first-order chi connectivity index (χ1) is 13.5. The van der Waals surface area contributed by atoms with Gasteiger partial charge in [-0.2, -0.15) is 5.10 Å². The fourth-order valence-electron chi connectivity index (χ4n) is 3.07. The van der Waals surface area contributed by atoms with Crippen LogP contribution in [0, 0.1) is 0 Å². The van der Waals surface area contributed by atoms with E-state index in [2.05, 4.69) is 17.3 Å². The summed E-state index contributed by atoms with van der Waals surface area (Å²) in [7, 11) is 1.53. The smallest absolute Gasteiger partial charge is 0.276 e. The summed E-state index contributed by atoms with van der Waals surface area (Å²) in [6.07, 6.45) is 2.86. The molecule has 0 fully saturated rings. The summed E-state index contributed by atoms with van der Waals surface area (Å²) >= 11 is 0. The number of benzene rings is 2. The lowest BCUT2D eigenvalue weighted by Gasteiger charge is -2.12. The van der Waals surface area contributed by atoms with E-state index in [0.29, 0.717) is 34.4 Å². The van der Waals surface area contributed by atoms with E-state index < -0.39 is 5.91 Å². The number of fused-ring (bicyclic) bond motifs is 1. The molecule has 0 bridgehead atoms. The predicted octanol–water partition coefficient (Wildman–Crippen LogP) is 3.85. The topological polar surface area (TPSA) is 99.2 Å². The summed E-state index contributed by atoms with van der Waals surface area (Å²) in [4.78, 5) is 25.6. The van der Waals surface area contributed by atoms with Crippen LogP contribution in [-0.2, 0) is 6.54 Å². The molecule has 154 valence electrons. The summed E-state index contributed by atoms with van der Waals surface area (Å²) in [5.74, 6) is 0.135. The number of carbonyl (C=O) groups excluding carboxylic acids is 1. The average Bonchev–Trinajstić information content (AvgIpc) is 2.70. The van der Waals surface area contributed by atoms with Gasteiger partial charge in [0.05, 0.1) is 18.2 Å². The fraction of sp³-hybridized carbons (Fsp3) is 0.286. The molecule has 3 aromatic rings. The number of methoxy groups -OCH3 is 1. The Bertz CT molecular complexity index is 1070. The third-order valence-electron chi connectivity index (χ3n) is 4.54. The number of nitrogen functional groups attached to an aromatic ring is 1. The Hall–Kier alpha value is -3.06. The zero-order chi connectivity index (χ0) is 20.1. The minimum Gasteiger partial charge on any atom is -0.495 e. The van der Waals surface area contributed by atoms with Gasteiger partial charge in [-0.25, -0.2) is 4.68 Å². The standard InChI is InChI=1S/C21H24N4O3.ClH/c1-3-4-7-12-25-21(27)16-9-6-5-8-15(16)19(24-25)20(26)23-14-10-11-18(28-2)17(22)13-14;/h5-6,8-11,13H,3-4,7,12,22H2,1-2H3,(H,23,26);1H. The van der Waals surface area contributed by atoms with Crippen molar-refractivity contribution in [1.29, 1.82) is 0 Å². The second kappa shape index (κ2) is 9.93. The van der Waals surface area contributed by atoms with Gasteiger partial charge >= 0.3 is 0 Å². The molecule has 3 rings (SSSR count). The molecular formula is C21H25ClN4O3. The van der Waals surface area contributed by atoms with E-state index in [1.54, 1.807) is 42.5 Å². The van der Waals surface area contributed by atoms with E-state index in [-0.39, 0.29) is 23.7 Å².